The molecule has 4 aromatic carbocycles. The summed E-state index contributed by atoms with van der Waals surface area (Å²) in [6.45, 7) is 0.912. The zero-order chi connectivity index (χ0) is 23.0. The Bertz CT molecular complexity index is 1270. The minimum atomic E-state index is 0.373. The Labute approximate surface area is 198 Å². The Hall–Kier alpha value is -3.70. The second-order valence-corrected chi connectivity index (χ2v) is 7.77. The number of ether oxygens (including phenoxy) is 3. The Balaban J connectivity index is 1.53. The summed E-state index contributed by atoms with van der Waals surface area (Å²) in [5.41, 5.74) is 5.97. The molecule has 6 heteroatoms. The van der Waals surface area contributed by atoms with E-state index in [1.807, 2.05) is 66.7 Å². The molecule has 0 bridgehead atoms. The lowest BCUT2D eigenvalue weighted by Crippen LogP contribution is -2.07. The second-order valence-electron chi connectivity index (χ2n) is 7.36. The van der Waals surface area contributed by atoms with Gasteiger partial charge in [0.05, 0.1) is 27.0 Å². The van der Waals surface area contributed by atoms with Crippen LogP contribution in [-0.2, 0) is 13.2 Å². The van der Waals surface area contributed by atoms with Crippen molar-refractivity contribution in [2.45, 2.75) is 13.2 Å². The number of hydrazone groups is 1. The minimum Gasteiger partial charge on any atom is -0.493 e. The zero-order valence-corrected chi connectivity index (χ0v) is 19.3. The van der Waals surface area contributed by atoms with Crippen LogP contribution in [0.15, 0.2) is 84.0 Å². The highest BCUT2D eigenvalue weighted by Gasteiger charge is 2.09. The van der Waals surface area contributed by atoms with Gasteiger partial charge in [-0.15, -0.1) is 0 Å². The molecule has 0 saturated carbocycles. The number of rotatable bonds is 9. The standard InChI is InChI=1S/C27H25ClN2O3/c1-31-26-13-11-19(15-27(26)32-2)16-29-30-17-23-22-9-5-3-7-20(22)12-14-25(23)33-18-21-8-4-6-10-24(21)28/h3-15,17,29H,16,18H2,1-2H3/b30-17+. The summed E-state index contributed by atoms with van der Waals surface area (Å²) in [7, 11) is 3.24. The molecule has 0 aromatic heterocycles. The maximum Gasteiger partial charge on any atom is 0.161 e. The van der Waals surface area contributed by atoms with Crippen molar-refractivity contribution in [1.29, 1.82) is 0 Å². The molecule has 0 spiro atoms. The lowest BCUT2D eigenvalue weighted by Gasteiger charge is -2.13. The van der Waals surface area contributed by atoms with Gasteiger partial charge in [-0.25, -0.2) is 0 Å². The molecule has 0 radical (unpaired) electrons. The molecule has 4 rings (SSSR count). The molecule has 0 aliphatic rings. The highest BCUT2D eigenvalue weighted by molar-refractivity contribution is 6.31. The summed E-state index contributed by atoms with van der Waals surface area (Å²) in [6, 6.07) is 25.6. The van der Waals surface area contributed by atoms with Crippen molar-refractivity contribution >= 4 is 28.6 Å². The van der Waals surface area contributed by atoms with E-state index in [4.69, 9.17) is 25.8 Å². The van der Waals surface area contributed by atoms with Gasteiger partial charge in [0.25, 0.3) is 0 Å². The van der Waals surface area contributed by atoms with Crippen LogP contribution in [-0.4, -0.2) is 20.4 Å². The maximum absolute atomic E-state index is 6.29. The van der Waals surface area contributed by atoms with Gasteiger partial charge in [0.1, 0.15) is 12.4 Å². The van der Waals surface area contributed by atoms with Crippen LogP contribution in [0.4, 0.5) is 0 Å². The van der Waals surface area contributed by atoms with Crippen molar-refractivity contribution in [3.8, 4) is 17.2 Å². The van der Waals surface area contributed by atoms with Crippen LogP contribution >= 0.6 is 11.6 Å². The van der Waals surface area contributed by atoms with Crippen LogP contribution < -0.4 is 19.6 Å². The topological polar surface area (TPSA) is 52.1 Å². The molecule has 0 fully saturated rings. The predicted molar refractivity (Wildman–Crippen MR) is 134 cm³/mol. The summed E-state index contributed by atoms with van der Waals surface area (Å²) in [6.07, 6.45) is 1.80. The Morgan fingerprint density at radius 3 is 2.42 bits per heavy atom. The molecular formula is C27H25ClN2O3. The molecule has 0 amide bonds. The largest absolute Gasteiger partial charge is 0.493 e. The molecule has 0 aliphatic heterocycles. The first-order valence-electron chi connectivity index (χ1n) is 10.5. The molecule has 33 heavy (non-hydrogen) atoms. The molecular weight excluding hydrogens is 436 g/mol. The van der Waals surface area contributed by atoms with Crippen molar-refractivity contribution in [2.24, 2.45) is 5.10 Å². The number of nitrogens with one attached hydrogen (secondary N) is 1. The number of nitrogens with zero attached hydrogens (tertiary/aromatic N) is 1. The van der Waals surface area contributed by atoms with E-state index in [1.165, 1.54) is 0 Å². The molecule has 5 nitrogen and oxygen atoms in total. The van der Waals surface area contributed by atoms with Gasteiger partial charge in [-0.2, -0.15) is 5.10 Å². The first-order chi connectivity index (χ1) is 16.2. The quantitative estimate of drug-likeness (QED) is 0.238. The van der Waals surface area contributed by atoms with E-state index in [9.17, 15) is 0 Å². The number of methoxy groups -OCH3 is 2. The summed E-state index contributed by atoms with van der Waals surface area (Å²) in [4.78, 5) is 0. The van der Waals surface area contributed by atoms with Crippen molar-refractivity contribution in [2.75, 3.05) is 14.2 Å². The van der Waals surface area contributed by atoms with Crippen LogP contribution in [0.1, 0.15) is 16.7 Å². The summed E-state index contributed by atoms with van der Waals surface area (Å²) < 4.78 is 16.8. The summed E-state index contributed by atoms with van der Waals surface area (Å²) in [5, 5.41) is 7.33. The van der Waals surface area contributed by atoms with Crippen LogP contribution in [0.25, 0.3) is 10.8 Å². The normalized spacial score (nSPS) is 11.0. The number of hydrogen-bond donors (Lipinski definition) is 1. The van der Waals surface area contributed by atoms with Crippen LogP contribution in [0.5, 0.6) is 17.2 Å². The molecule has 0 heterocycles. The highest BCUT2D eigenvalue weighted by Crippen LogP contribution is 2.29. The Morgan fingerprint density at radius 1 is 0.848 bits per heavy atom. The fourth-order valence-electron chi connectivity index (χ4n) is 3.54. The van der Waals surface area contributed by atoms with Crippen LogP contribution in [0.3, 0.4) is 0 Å². The third kappa shape index (κ3) is 5.38. The maximum atomic E-state index is 6.29. The predicted octanol–water partition coefficient (Wildman–Crippen LogP) is 6.21. The van der Waals surface area contributed by atoms with Gasteiger partial charge in [0.15, 0.2) is 11.5 Å². The van der Waals surface area contributed by atoms with E-state index in [0.29, 0.717) is 29.7 Å². The average molecular weight is 461 g/mol. The molecule has 0 saturated heterocycles. The van der Waals surface area contributed by atoms with Gasteiger partial charge in [-0.1, -0.05) is 66.2 Å². The third-order valence-electron chi connectivity index (χ3n) is 5.29. The highest BCUT2D eigenvalue weighted by atomic mass is 35.5. The van der Waals surface area contributed by atoms with Crippen molar-refractivity contribution in [3.63, 3.8) is 0 Å². The molecule has 168 valence electrons. The molecule has 4 aromatic rings. The molecule has 0 atom stereocenters. The minimum absolute atomic E-state index is 0.373. The van der Waals surface area contributed by atoms with E-state index in [0.717, 1.165) is 33.2 Å². The van der Waals surface area contributed by atoms with E-state index in [-0.39, 0.29) is 0 Å². The van der Waals surface area contributed by atoms with Crippen molar-refractivity contribution in [1.82, 2.24) is 5.43 Å². The van der Waals surface area contributed by atoms with Gasteiger partial charge in [-0.3, -0.25) is 0 Å². The lowest BCUT2D eigenvalue weighted by atomic mass is 10.0. The van der Waals surface area contributed by atoms with Gasteiger partial charge in [-0.05, 0) is 40.6 Å². The zero-order valence-electron chi connectivity index (χ0n) is 18.5. The van der Waals surface area contributed by atoms with Crippen molar-refractivity contribution in [3.05, 3.63) is 101 Å². The number of hydrogen-bond acceptors (Lipinski definition) is 5. The molecule has 0 unspecified atom stereocenters. The average Bonchev–Trinajstić information content (AvgIpc) is 2.86. The van der Waals surface area contributed by atoms with Gasteiger partial charge in [0.2, 0.25) is 0 Å². The number of fused-ring (bicyclic) bond motifs is 1. The number of benzene rings is 4. The second kappa shape index (κ2) is 10.7. The molecule has 1 N–H and O–H groups in total. The molecule has 0 aliphatic carbocycles. The smallest absolute Gasteiger partial charge is 0.161 e. The van der Waals surface area contributed by atoms with E-state index in [1.54, 1.807) is 20.4 Å². The van der Waals surface area contributed by atoms with E-state index in [2.05, 4.69) is 22.7 Å². The third-order valence-corrected chi connectivity index (χ3v) is 5.66. The SMILES string of the molecule is COc1ccc(CN/N=C/c2c(OCc3ccccc3Cl)ccc3ccccc23)cc1OC. The van der Waals surface area contributed by atoms with Gasteiger partial charge >= 0.3 is 0 Å². The monoisotopic (exact) mass is 460 g/mol. The van der Waals surface area contributed by atoms with E-state index < -0.39 is 0 Å². The first-order valence-corrected chi connectivity index (χ1v) is 10.9. The fourth-order valence-corrected chi connectivity index (χ4v) is 3.73. The van der Waals surface area contributed by atoms with Crippen LogP contribution in [0, 0.1) is 0 Å². The van der Waals surface area contributed by atoms with Crippen LogP contribution in [0.2, 0.25) is 5.02 Å². The summed E-state index contributed by atoms with van der Waals surface area (Å²) in [5.74, 6) is 2.12. The fraction of sp³-hybridized carbons (Fsp3) is 0.148. The Kier molecular flexibility index (Phi) is 7.33. The van der Waals surface area contributed by atoms with Crippen molar-refractivity contribution < 1.29 is 14.2 Å². The number of halogens is 1. The van der Waals surface area contributed by atoms with E-state index >= 15 is 0 Å². The summed E-state index contributed by atoms with van der Waals surface area (Å²) >= 11 is 6.29. The van der Waals surface area contributed by atoms with Gasteiger partial charge < -0.3 is 19.6 Å². The first kappa shape index (κ1) is 22.5. The van der Waals surface area contributed by atoms with Gasteiger partial charge in [0, 0.05) is 16.1 Å². The Morgan fingerprint density at radius 2 is 1.61 bits per heavy atom. The lowest BCUT2D eigenvalue weighted by molar-refractivity contribution is 0.306.